The van der Waals surface area contributed by atoms with Crippen molar-refractivity contribution in [2.24, 2.45) is 17.6 Å². The van der Waals surface area contributed by atoms with E-state index in [2.05, 4.69) is 15.3 Å². The number of aromatic nitrogens is 2. The molecule has 110 valence electrons. The zero-order valence-corrected chi connectivity index (χ0v) is 12.0. The number of carbonyl (C=O) groups is 1. The largest absolute Gasteiger partial charge is 0.352 e. The van der Waals surface area contributed by atoms with Gasteiger partial charge in [-0.1, -0.05) is 12.5 Å². The summed E-state index contributed by atoms with van der Waals surface area (Å²) in [6, 6.07) is 5.49. The number of carbonyl (C=O) groups excluding carboxylic acids is 1. The van der Waals surface area contributed by atoms with Crippen LogP contribution in [0.25, 0.3) is 11.0 Å². The molecule has 1 aliphatic carbocycles. The van der Waals surface area contributed by atoms with Crippen LogP contribution in [0.1, 0.15) is 29.6 Å². The second-order valence-electron chi connectivity index (χ2n) is 5.63. The molecule has 2 aromatic rings. The Balaban J connectivity index is 1.72. The molecule has 21 heavy (non-hydrogen) atoms. The maximum absolute atomic E-state index is 12.4. The number of rotatable bonds is 4. The van der Waals surface area contributed by atoms with E-state index in [9.17, 15) is 4.79 Å². The van der Waals surface area contributed by atoms with Crippen LogP contribution < -0.4 is 11.1 Å². The van der Waals surface area contributed by atoms with Crippen LogP contribution in [0, 0.1) is 11.8 Å². The zero-order chi connectivity index (χ0) is 14.7. The van der Waals surface area contributed by atoms with Crippen molar-refractivity contribution in [3.05, 3.63) is 36.2 Å². The van der Waals surface area contributed by atoms with Crippen LogP contribution >= 0.6 is 0 Å². The number of hydrogen-bond donors (Lipinski definition) is 2. The number of nitrogens with two attached hydrogens (primary N) is 1. The maximum atomic E-state index is 12.4. The molecule has 5 heteroatoms. The van der Waals surface area contributed by atoms with Gasteiger partial charge in [0.05, 0.1) is 11.1 Å². The Morgan fingerprint density at radius 3 is 2.90 bits per heavy atom. The van der Waals surface area contributed by atoms with Crippen molar-refractivity contribution in [2.45, 2.75) is 19.3 Å². The minimum Gasteiger partial charge on any atom is -0.352 e. The molecule has 1 saturated carbocycles. The van der Waals surface area contributed by atoms with Crippen molar-refractivity contribution >= 4 is 16.9 Å². The van der Waals surface area contributed by atoms with E-state index in [0.717, 1.165) is 11.9 Å². The van der Waals surface area contributed by atoms with Crippen molar-refractivity contribution in [3.63, 3.8) is 0 Å². The summed E-state index contributed by atoms with van der Waals surface area (Å²) in [6.07, 6.45) is 6.78. The molecule has 1 aromatic heterocycles. The lowest BCUT2D eigenvalue weighted by molar-refractivity contribution is 0.0945. The molecule has 1 aromatic carbocycles. The number of nitrogens with one attached hydrogen (secondary N) is 1. The summed E-state index contributed by atoms with van der Waals surface area (Å²) in [5, 5.41) is 3.04. The predicted octanol–water partition coefficient (Wildman–Crippen LogP) is 1.73. The average Bonchev–Trinajstić information content (AvgIpc) is 2.99. The van der Waals surface area contributed by atoms with Crippen molar-refractivity contribution < 1.29 is 4.79 Å². The van der Waals surface area contributed by atoms with E-state index in [1.807, 2.05) is 12.1 Å². The Hall–Kier alpha value is -2.01. The Bertz CT molecular complexity index is 638. The van der Waals surface area contributed by atoms with Gasteiger partial charge in [-0.05, 0) is 43.4 Å². The van der Waals surface area contributed by atoms with E-state index in [-0.39, 0.29) is 5.91 Å². The van der Waals surface area contributed by atoms with Gasteiger partial charge in [0.15, 0.2) is 0 Å². The van der Waals surface area contributed by atoms with Gasteiger partial charge in [-0.15, -0.1) is 0 Å². The average molecular weight is 284 g/mol. The summed E-state index contributed by atoms with van der Waals surface area (Å²) >= 11 is 0. The monoisotopic (exact) mass is 284 g/mol. The summed E-state index contributed by atoms with van der Waals surface area (Å²) in [5.41, 5.74) is 7.76. The molecule has 0 aliphatic heterocycles. The first kappa shape index (κ1) is 13.9. The normalized spacial score (nSPS) is 21.6. The molecule has 5 nitrogen and oxygen atoms in total. The molecule has 2 atom stereocenters. The van der Waals surface area contributed by atoms with E-state index in [1.165, 1.54) is 12.8 Å². The van der Waals surface area contributed by atoms with Crippen LogP contribution in [-0.2, 0) is 0 Å². The highest BCUT2D eigenvalue weighted by Gasteiger charge is 2.26. The Labute approximate surface area is 124 Å². The Morgan fingerprint density at radius 2 is 2.05 bits per heavy atom. The van der Waals surface area contributed by atoms with Crippen LogP contribution in [0.15, 0.2) is 30.6 Å². The lowest BCUT2D eigenvalue weighted by Gasteiger charge is -2.18. The molecule has 1 amide bonds. The van der Waals surface area contributed by atoms with Gasteiger partial charge in [-0.25, -0.2) is 0 Å². The third-order valence-electron chi connectivity index (χ3n) is 4.39. The van der Waals surface area contributed by atoms with Crippen LogP contribution in [0.4, 0.5) is 0 Å². The highest BCUT2D eigenvalue weighted by molar-refractivity contribution is 6.04. The third-order valence-corrected chi connectivity index (χ3v) is 4.39. The lowest BCUT2D eigenvalue weighted by atomic mass is 9.96. The van der Waals surface area contributed by atoms with E-state index in [1.54, 1.807) is 18.5 Å². The second kappa shape index (κ2) is 6.18. The van der Waals surface area contributed by atoms with Gasteiger partial charge in [-0.3, -0.25) is 14.8 Å². The molecular weight excluding hydrogens is 264 g/mol. The molecule has 1 fully saturated rings. The van der Waals surface area contributed by atoms with Gasteiger partial charge in [0.2, 0.25) is 0 Å². The number of fused-ring (bicyclic) bond motifs is 1. The van der Waals surface area contributed by atoms with Crippen molar-refractivity contribution in [3.8, 4) is 0 Å². The van der Waals surface area contributed by atoms with Crippen molar-refractivity contribution in [2.75, 3.05) is 13.1 Å². The number of nitrogens with zero attached hydrogens (tertiary/aromatic N) is 2. The van der Waals surface area contributed by atoms with Gasteiger partial charge in [-0.2, -0.15) is 0 Å². The molecule has 2 unspecified atom stereocenters. The SMILES string of the molecule is NCC1CCCC1CNC(=O)c1cccc2nccnc12. The number of para-hydroxylation sites is 1. The molecule has 0 saturated heterocycles. The van der Waals surface area contributed by atoms with Crippen LogP contribution in [-0.4, -0.2) is 29.0 Å². The van der Waals surface area contributed by atoms with Gasteiger partial charge in [0.1, 0.15) is 5.52 Å². The fourth-order valence-corrected chi connectivity index (χ4v) is 3.19. The van der Waals surface area contributed by atoms with Crippen LogP contribution in [0.3, 0.4) is 0 Å². The highest BCUT2D eigenvalue weighted by atomic mass is 16.1. The van der Waals surface area contributed by atoms with Crippen LogP contribution in [0.5, 0.6) is 0 Å². The predicted molar refractivity (Wildman–Crippen MR) is 81.8 cm³/mol. The minimum absolute atomic E-state index is 0.0798. The summed E-state index contributed by atoms with van der Waals surface area (Å²) in [6.45, 7) is 1.40. The fourth-order valence-electron chi connectivity index (χ4n) is 3.19. The minimum atomic E-state index is -0.0798. The topological polar surface area (TPSA) is 80.9 Å². The first-order valence-electron chi connectivity index (χ1n) is 7.47. The number of benzene rings is 1. The lowest BCUT2D eigenvalue weighted by Crippen LogP contribution is -2.33. The van der Waals surface area contributed by atoms with E-state index >= 15 is 0 Å². The van der Waals surface area contributed by atoms with Gasteiger partial charge in [0, 0.05) is 18.9 Å². The molecule has 0 spiro atoms. The molecule has 1 heterocycles. The molecule has 3 N–H and O–H groups in total. The fraction of sp³-hybridized carbons (Fsp3) is 0.438. The molecular formula is C16H20N4O. The van der Waals surface area contributed by atoms with E-state index in [0.29, 0.717) is 36.0 Å². The van der Waals surface area contributed by atoms with Gasteiger partial charge >= 0.3 is 0 Å². The Morgan fingerprint density at radius 1 is 1.24 bits per heavy atom. The third kappa shape index (κ3) is 2.88. The van der Waals surface area contributed by atoms with E-state index in [4.69, 9.17) is 5.73 Å². The van der Waals surface area contributed by atoms with E-state index < -0.39 is 0 Å². The summed E-state index contributed by atoms with van der Waals surface area (Å²) in [4.78, 5) is 20.9. The van der Waals surface area contributed by atoms with Gasteiger partial charge < -0.3 is 11.1 Å². The first-order valence-corrected chi connectivity index (χ1v) is 7.47. The summed E-state index contributed by atoms with van der Waals surface area (Å²) in [5.74, 6) is 0.960. The smallest absolute Gasteiger partial charge is 0.253 e. The van der Waals surface area contributed by atoms with Crippen LogP contribution in [0.2, 0.25) is 0 Å². The summed E-state index contributed by atoms with van der Waals surface area (Å²) < 4.78 is 0. The molecule has 0 radical (unpaired) electrons. The maximum Gasteiger partial charge on any atom is 0.253 e. The standard InChI is InChI=1S/C16H20N4O/c17-9-11-3-1-4-12(11)10-20-16(21)13-5-2-6-14-15(13)19-8-7-18-14/h2,5-8,11-12H,1,3-4,9-10,17H2,(H,20,21). The second-order valence-corrected chi connectivity index (χ2v) is 5.63. The van der Waals surface area contributed by atoms with Gasteiger partial charge in [0.25, 0.3) is 5.91 Å². The first-order chi connectivity index (χ1) is 10.3. The quantitative estimate of drug-likeness (QED) is 0.896. The highest BCUT2D eigenvalue weighted by Crippen LogP contribution is 2.30. The number of amides is 1. The van der Waals surface area contributed by atoms with Crippen molar-refractivity contribution in [1.29, 1.82) is 0 Å². The zero-order valence-electron chi connectivity index (χ0n) is 12.0. The number of hydrogen-bond acceptors (Lipinski definition) is 4. The molecule has 0 bridgehead atoms. The van der Waals surface area contributed by atoms with Crippen molar-refractivity contribution in [1.82, 2.24) is 15.3 Å². The Kier molecular flexibility index (Phi) is 4.10. The molecule has 1 aliphatic rings. The summed E-state index contributed by atoms with van der Waals surface area (Å²) in [7, 11) is 0. The molecule has 3 rings (SSSR count).